The van der Waals surface area contributed by atoms with E-state index in [4.69, 9.17) is 23.8 Å². The molecule has 0 N–H and O–H groups in total. The lowest BCUT2D eigenvalue weighted by Gasteiger charge is -2.13. The van der Waals surface area contributed by atoms with Gasteiger partial charge in [0.15, 0.2) is 0 Å². The fourth-order valence-corrected chi connectivity index (χ4v) is 3.97. The van der Waals surface area contributed by atoms with E-state index < -0.39 is 10.0 Å². The minimum atomic E-state index is -3.43. The molecule has 80 valence electrons. The van der Waals surface area contributed by atoms with Crippen molar-refractivity contribution in [1.29, 1.82) is 0 Å². The van der Waals surface area contributed by atoms with Crippen LogP contribution >= 0.6 is 23.8 Å². The van der Waals surface area contributed by atoms with Crippen LogP contribution in [0.25, 0.3) is 0 Å². The number of rotatable bonds is 1. The highest BCUT2D eigenvalue weighted by atomic mass is 35.5. The molecular weight excluding hydrogens is 254 g/mol. The van der Waals surface area contributed by atoms with E-state index in [1.165, 1.54) is 10.4 Å². The number of nitrogens with zero attached hydrogens (tertiary/aromatic N) is 1. The summed E-state index contributed by atoms with van der Waals surface area (Å²) >= 11 is 10.9. The molecule has 0 bridgehead atoms. The van der Waals surface area contributed by atoms with Crippen LogP contribution in [0.3, 0.4) is 0 Å². The molecule has 0 unspecified atom stereocenters. The second-order valence-corrected chi connectivity index (χ2v) is 5.77. The van der Waals surface area contributed by atoms with Gasteiger partial charge in [0.25, 0.3) is 10.0 Å². The van der Waals surface area contributed by atoms with Gasteiger partial charge in [0.05, 0.1) is 4.90 Å². The summed E-state index contributed by atoms with van der Waals surface area (Å²) < 4.78 is 25.1. The first-order chi connectivity index (χ1) is 6.98. The number of hydrogen-bond donors (Lipinski definition) is 0. The average Bonchev–Trinajstić information content (AvgIpc) is 2.34. The van der Waals surface area contributed by atoms with Gasteiger partial charge in [0, 0.05) is 17.1 Å². The van der Waals surface area contributed by atoms with E-state index in [0.29, 0.717) is 22.1 Å². The van der Waals surface area contributed by atoms with Crippen molar-refractivity contribution < 1.29 is 8.42 Å². The van der Waals surface area contributed by atoms with Crippen LogP contribution < -0.4 is 0 Å². The molecule has 3 nitrogen and oxygen atoms in total. The molecule has 1 aromatic carbocycles. The van der Waals surface area contributed by atoms with Gasteiger partial charge in [-0.15, -0.1) is 0 Å². The zero-order valence-electron chi connectivity index (χ0n) is 7.90. The molecule has 0 amide bonds. The molecule has 0 radical (unpaired) electrons. The number of thiocarbonyl (C=S) groups is 1. The summed E-state index contributed by atoms with van der Waals surface area (Å²) in [5.41, 5.74) is 0.527. The molecule has 6 heteroatoms. The fraction of sp³-hybridized carbons (Fsp3) is 0.222. The number of hydrogen-bond acceptors (Lipinski definition) is 3. The SMILES string of the molecule is CCN1C(=S)c2cc(Cl)ccc2S1(=O)=O. The summed E-state index contributed by atoms with van der Waals surface area (Å²) in [6, 6.07) is 4.64. The van der Waals surface area contributed by atoms with Gasteiger partial charge in [-0.2, -0.15) is 0 Å². The van der Waals surface area contributed by atoms with Crippen LogP contribution in [0.2, 0.25) is 5.02 Å². The lowest BCUT2D eigenvalue weighted by atomic mass is 10.2. The van der Waals surface area contributed by atoms with Crippen molar-refractivity contribution in [2.24, 2.45) is 0 Å². The molecule has 15 heavy (non-hydrogen) atoms. The number of benzene rings is 1. The van der Waals surface area contributed by atoms with Crippen LogP contribution in [0.1, 0.15) is 12.5 Å². The van der Waals surface area contributed by atoms with E-state index in [9.17, 15) is 8.42 Å². The lowest BCUT2D eigenvalue weighted by molar-refractivity contribution is 0.542. The highest BCUT2D eigenvalue weighted by Gasteiger charge is 2.37. The fourth-order valence-electron chi connectivity index (χ4n) is 1.57. The van der Waals surface area contributed by atoms with Crippen LogP contribution in [-0.4, -0.2) is 24.3 Å². The van der Waals surface area contributed by atoms with Gasteiger partial charge in [-0.25, -0.2) is 8.42 Å². The van der Waals surface area contributed by atoms with E-state index >= 15 is 0 Å². The molecule has 0 saturated carbocycles. The van der Waals surface area contributed by atoms with E-state index in [1.54, 1.807) is 19.1 Å². The lowest BCUT2D eigenvalue weighted by Crippen LogP contribution is -2.28. The Kier molecular flexibility index (Phi) is 2.48. The van der Waals surface area contributed by atoms with Gasteiger partial charge in [-0.3, -0.25) is 4.31 Å². The number of sulfonamides is 1. The Morgan fingerprint density at radius 1 is 1.47 bits per heavy atom. The van der Waals surface area contributed by atoms with Crippen molar-refractivity contribution in [2.75, 3.05) is 6.54 Å². The Labute approximate surface area is 98.7 Å². The Morgan fingerprint density at radius 3 is 2.73 bits per heavy atom. The first-order valence-corrected chi connectivity index (χ1v) is 6.57. The average molecular weight is 262 g/mol. The number of fused-ring (bicyclic) bond motifs is 1. The quantitative estimate of drug-likeness (QED) is 0.726. The van der Waals surface area contributed by atoms with E-state index in [-0.39, 0.29) is 4.90 Å². The van der Waals surface area contributed by atoms with Gasteiger partial charge >= 0.3 is 0 Å². The normalized spacial score (nSPS) is 18.0. The second kappa shape index (κ2) is 3.43. The molecule has 0 saturated heterocycles. The maximum absolute atomic E-state index is 11.9. The van der Waals surface area contributed by atoms with Gasteiger partial charge in [0.2, 0.25) is 0 Å². The Hall–Kier alpha value is -0.650. The van der Waals surface area contributed by atoms with Crippen molar-refractivity contribution >= 4 is 38.8 Å². The van der Waals surface area contributed by atoms with Crippen molar-refractivity contribution in [2.45, 2.75) is 11.8 Å². The standard InChI is InChI=1S/C9H8ClNO2S2/c1-2-11-9(14)7-5-6(10)3-4-8(7)15(11,12)13/h3-5H,2H2,1H3. The zero-order chi connectivity index (χ0) is 11.2. The summed E-state index contributed by atoms with van der Waals surface area (Å²) in [5, 5.41) is 0.490. The zero-order valence-corrected chi connectivity index (χ0v) is 10.3. The smallest absolute Gasteiger partial charge is 0.256 e. The predicted octanol–water partition coefficient (Wildman–Crippen LogP) is 2.04. The van der Waals surface area contributed by atoms with Crippen molar-refractivity contribution in [3.8, 4) is 0 Å². The Bertz CT molecular complexity index is 539. The van der Waals surface area contributed by atoms with Crippen molar-refractivity contribution in [3.63, 3.8) is 0 Å². The molecule has 2 rings (SSSR count). The Morgan fingerprint density at radius 2 is 2.13 bits per heavy atom. The van der Waals surface area contributed by atoms with E-state index in [1.807, 2.05) is 0 Å². The largest absolute Gasteiger partial charge is 0.265 e. The van der Waals surface area contributed by atoms with Crippen LogP contribution in [0.5, 0.6) is 0 Å². The van der Waals surface area contributed by atoms with E-state index in [2.05, 4.69) is 0 Å². The summed E-state index contributed by atoms with van der Waals surface area (Å²) in [6.07, 6.45) is 0. The monoisotopic (exact) mass is 261 g/mol. The maximum Gasteiger partial charge on any atom is 0.265 e. The molecule has 1 aliphatic rings. The molecule has 0 atom stereocenters. The summed E-state index contributed by atoms with van der Waals surface area (Å²) in [6.45, 7) is 2.09. The minimum absolute atomic E-state index is 0.249. The van der Waals surface area contributed by atoms with Gasteiger partial charge < -0.3 is 0 Å². The molecule has 1 heterocycles. The van der Waals surface area contributed by atoms with Crippen molar-refractivity contribution in [1.82, 2.24) is 4.31 Å². The first kappa shape index (κ1) is 10.9. The van der Waals surface area contributed by atoms with Gasteiger partial charge in [0.1, 0.15) is 4.99 Å². The second-order valence-electron chi connectivity index (χ2n) is 3.12. The topological polar surface area (TPSA) is 37.4 Å². The van der Waals surface area contributed by atoms with Gasteiger partial charge in [-0.1, -0.05) is 23.8 Å². The van der Waals surface area contributed by atoms with E-state index in [0.717, 1.165) is 0 Å². The predicted molar refractivity (Wildman–Crippen MR) is 62.7 cm³/mol. The third kappa shape index (κ3) is 1.46. The number of halogens is 1. The van der Waals surface area contributed by atoms with Crippen molar-refractivity contribution in [3.05, 3.63) is 28.8 Å². The highest BCUT2D eigenvalue weighted by molar-refractivity contribution is 7.92. The molecule has 0 spiro atoms. The molecule has 1 aliphatic heterocycles. The Balaban J connectivity index is 2.74. The van der Waals surface area contributed by atoms with Gasteiger partial charge in [-0.05, 0) is 25.1 Å². The van der Waals surface area contributed by atoms with Crippen LogP contribution in [-0.2, 0) is 10.0 Å². The first-order valence-electron chi connectivity index (χ1n) is 4.35. The highest BCUT2D eigenvalue weighted by Crippen LogP contribution is 2.32. The van der Waals surface area contributed by atoms with Crippen LogP contribution in [0.4, 0.5) is 0 Å². The summed E-state index contributed by atoms with van der Waals surface area (Å²) in [7, 11) is -3.43. The third-order valence-corrected chi connectivity index (χ3v) is 4.98. The molecular formula is C9H8ClNO2S2. The molecule has 0 aliphatic carbocycles. The maximum atomic E-state index is 11.9. The molecule has 1 aromatic rings. The minimum Gasteiger partial charge on any atom is -0.256 e. The molecule has 0 aromatic heterocycles. The summed E-state index contributed by atoms with van der Waals surface area (Å²) in [4.78, 5) is 0.578. The summed E-state index contributed by atoms with van der Waals surface area (Å²) in [5.74, 6) is 0. The van der Waals surface area contributed by atoms with Crippen LogP contribution in [0, 0.1) is 0 Å². The molecule has 0 fully saturated rings. The van der Waals surface area contributed by atoms with Crippen LogP contribution in [0.15, 0.2) is 23.1 Å². The third-order valence-electron chi connectivity index (χ3n) is 2.25.